The van der Waals surface area contributed by atoms with Crippen molar-refractivity contribution in [2.45, 2.75) is 0 Å². The van der Waals surface area contributed by atoms with Crippen molar-refractivity contribution >= 4 is 16.7 Å². The summed E-state index contributed by atoms with van der Waals surface area (Å²) in [6, 6.07) is 14.4. The molecule has 0 aliphatic heterocycles. The summed E-state index contributed by atoms with van der Waals surface area (Å²) in [5, 5.41) is 11.2. The monoisotopic (exact) mass is 260 g/mol. The van der Waals surface area contributed by atoms with Crippen molar-refractivity contribution in [3.63, 3.8) is 0 Å². The number of benzene rings is 2. The van der Waals surface area contributed by atoms with Gasteiger partial charge in [-0.05, 0) is 16.3 Å². The lowest BCUT2D eigenvalue weighted by molar-refractivity contribution is 1.05. The van der Waals surface area contributed by atoms with Gasteiger partial charge in [-0.15, -0.1) is 0 Å². The third-order valence-corrected chi connectivity index (χ3v) is 3.19. The van der Waals surface area contributed by atoms with Gasteiger partial charge in [0.15, 0.2) is 6.19 Å². The summed E-state index contributed by atoms with van der Waals surface area (Å²) in [6.07, 6.45) is 5.47. The molecule has 0 unspecified atom stereocenters. The molecule has 20 heavy (non-hydrogen) atoms. The van der Waals surface area contributed by atoms with Gasteiger partial charge in [-0.2, -0.15) is 5.26 Å². The van der Waals surface area contributed by atoms with Gasteiger partial charge < -0.3 is 0 Å². The largest absolute Gasteiger partial charge is 0.250 e. The van der Waals surface area contributed by atoms with Crippen molar-refractivity contribution in [3.05, 3.63) is 54.9 Å². The second-order valence-electron chi connectivity index (χ2n) is 4.46. The van der Waals surface area contributed by atoms with Crippen LogP contribution in [-0.4, -0.2) is 17.0 Å². The molecule has 96 valence electrons. The molecular formula is C16H12N4. The molecule has 1 aromatic heterocycles. The number of hydrogen-bond acceptors (Lipinski definition) is 4. The number of aromatic nitrogens is 2. The predicted octanol–water partition coefficient (Wildman–Crippen LogP) is 3.21. The van der Waals surface area contributed by atoms with Crippen molar-refractivity contribution in [1.29, 1.82) is 5.26 Å². The van der Waals surface area contributed by atoms with E-state index in [1.807, 2.05) is 24.4 Å². The van der Waals surface area contributed by atoms with E-state index in [-0.39, 0.29) is 0 Å². The van der Waals surface area contributed by atoms with Gasteiger partial charge in [-0.1, -0.05) is 42.5 Å². The first kappa shape index (κ1) is 12.1. The van der Waals surface area contributed by atoms with Crippen LogP contribution in [0.5, 0.6) is 0 Å². The van der Waals surface area contributed by atoms with E-state index in [4.69, 9.17) is 5.26 Å². The maximum atomic E-state index is 8.81. The van der Waals surface area contributed by atoms with Crippen molar-refractivity contribution in [2.75, 3.05) is 11.9 Å². The van der Waals surface area contributed by atoms with Gasteiger partial charge in [-0.25, -0.2) is 9.97 Å². The van der Waals surface area contributed by atoms with E-state index < -0.39 is 0 Å². The molecular weight excluding hydrogens is 248 g/mol. The van der Waals surface area contributed by atoms with Crippen LogP contribution in [0.4, 0.5) is 5.95 Å². The van der Waals surface area contributed by atoms with Crippen LogP contribution in [0.3, 0.4) is 0 Å². The molecule has 0 spiro atoms. The Morgan fingerprint density at radius 3 is 2.45 bits per heavy atom. The lowest BCUT2D eigenvalue weighted by Crippen LogP contribution is -2.11. The van der Waals surface area contributed by atoms with Crippen LogP contribution in [0, 0.1) is 11.5 Å². The second kappa shape index (κ2) is 4.98. The molecule has 0 bridgehead atoms. The fraction of sp³-hybridized carbons (Fsp3) is 0.0625. The Hall–Kier alpha value is -2.93. The lowest BCUT2D eigenvalue weighted by atomic mass is 10.0. The Morgan fingerprint density at radius 2 is 1.70 bits per heavy atom. The van der Waals surface area contributed by atoms with Crippen LogP contribution in [0.1, 0.15) is 0 Å². The molecule has 0 amide bonds. The summed E-state index contributed by atoms with van der Waals surface area (Å²) >= 11 is 0. The summed E-state index contributed by atoms with van der Waals surface area (Å²) in [5.41, 5.74) is 2.03. The van der Waals surface area contributed by atoms with Crippen molar-refractivity contribution < 1.29 is 0 Å². The van der Waals surface area contributed by atoms with Crippen molar-refractivity contribution in [3.8, 4) is 17.3 Å². The molecule has 0 saturated carbocycles. The minimum atomic E-state index is 0.400. The zero-order chi connectivity index (χ0) is 13.9. The van der Waals surface area contributed by atoms with E-state index in [9.17, 15) is 0 Å². The lowest BCUT2D eigenvalue weighted by Gasteiger charge is -2.09. The van der Waals surface area contributed by atoms with Crippen LogP contribution >= 0.6 is 0 Å². The van der Waals surface area contributed by atoms with Gasteiger partial charge >= 0.3 is 0 Å². The maximum absolute atomic E-state index is 8.81. The number of nitrogens with zero attached hydrogens (tertiary/aromatic N) is 4. The van der Waals surface area contributed by atoms with E-state index in [0.717, 1.165) is 11.1 Å². The third kappa shape index (κ3) is 2.06. The van der Waals surface area contributed by atoms with E-state index in [1.165, 1.54) is 15.7 Å². The molecule has 0 saturated heterocycles. The summed E-state index contributed by atoms with van der Waals surface area (Å²) < 4.78 is 0. The highest BCUT2D eigenvalue weighted by Crippen LogP contribution is 2.27. The number of nitriles is 1. The average Bonchev–Trinajstić information content (AvgIpc) is 2.54. The molecule has 4 heteroatoms. The van der Waals surface area contributed by atoms with Crippen LogP contribution in [0.15, 0.2) is 54.9 Å². The zero-order valence-corrected chi connectivity index (χ0v) is 11.0. The highest BCUT2D eigenvalue weighted by molar-refractivity contribution is 5.96. The molecule has 4 nitrogen and oxygen atoms in total. The van der Waals surface area contributed by atoms with Crippen molar-refractivity contribution in [1.82, 2.24) is 9.97 Å². The van der Waals surface area contributed by atoms with E-state index >= 15 is 0 Å². The first-order valence-corrected chi connectivity index (χ1v) is 6.23. The standard InChI is InChI=1S/C16H12N4/c1-20(11-17)16-18-9-13(10-19-16)15-8-4-6-12-5-2-3-7-14(12)15/h2-10H,1H3. The van der Waals surface area contributed by atoms with E-state index in [0.29, 0.717) is 5.95 Å². The van der Waals surface area contributed by atoms with Gasteiger partial charge in [0.25, 0.3) is 0 Å². The summed E-state index contributed by atoms with van der Waals surface area (Å²) in [5.74, 6) is 0.400. The van der Waals surface area contributed by atoms with Crippen LogP contribution < -0.4 is 4.90 Å². The fourth-order valence-corrected chi connectivity index (χ4v) is 2.16. The summed E-state index contributed by atoms with van der Waals surface area (Å²) in [4.78, 5) is 9.78. The minimum absolute atomic E-state index is 0.400. The smallest absolute Gasteiger partial charge is 0.238 e. The quantitative estimate of drug-likeness (QED) is 0.524. The molecule has 0 atom stereocenters. The highest BCUT2D eigenvalue weighted by atomic mass is 15.2. The van der Waals surface area contributed by atoms with Gasteiger partial charge in [-0.3, -0.25) is 4.90 Å². The Balaban J connectivity index is 2.10. The molecule has 0 N–H and O–H groups in total. The van der Waals surface area contributed by atoms with Gasteiger partial charge in [0.05, 0.1) is 0 Å². The number of hydrogen-bond donors (Lipinski definition) is 0. The van der Waals surface area contributed by atoms with Crippen LogP contribution in [0.2, 0.25) is 0 Å². The normalized spacial score (nSPS) is 10.2. The summed E-state index contributed by atoms with van der Waals surface area (Å²) in [6.45, 7) is 0. The number of anilines is 1. The Morgan fingerprint density at radius 1 is 1.00 bits per heavy atom. The molecule has 0 aliphatic rings. The van der Waals surface area contributed by atoms with Crippen molar-refractivity contribution in [2.24, 2.45) is 0 Å². The third-order valence-electron chi connectivity index (χ3n) is 3.19. The van der Waals surface area contributed by atoms with E-state index in [2.05, 4.69) is 34.2 Å². The number of rotatable bonds is 2. The molecule has 1 heterocycles. The molecule has 0 fully saturated rings. The number of fused-ring (bicyclic) bond motifs is 1. The predicted molar refractivity (Wildman–Crippen MR) is 79.0 cm³/mol. The SMILES string of the molecule is CN(C#N)c1ncc(-c2cccc3ccccc23)cn1. The maximum Gasteiger partial charge on any atom is 0.238 e. The molecule has 2 aromatic carbocycles. The van der Waals surface area contributed by atoms with Gasteiger partial charge in [0, 0.05) is 25.0 Å². The Kier molecular flexibility index (Phi) is 3.02. The first-order chi connectivity index (χ1) is 9.79. The van der Waals surface area contributed by atoms with Gasteiger partial charge in [0.2, 0.25) is 5.95 Å². The molecule has 3 rings (SSSR count). The fourth-order valence-electron chi connectivity index (χ4n) is 2.16. The van der Waals surface area contributed by atoms with Crippen LogP contribution in [-0.2, 0) is 0 Å². The van der Waals surface area contributed by atoms with Gasteiger partial charge in [0.1, 0.15) is 0 Å². The first-order valence-electron chi connectivity index (χ1n) is 6.23. The minimum Gasteiger partial charge on any atom is -0.250 e. The summed E-state index contributed by atoms with van der Waals surface area (Å²) in [7, 11) is 1.63. The Labute approximate surface area is 116 Å². The Bertz CT molecular complexity index is 782. The molecule has 0 aliphatic carbocycles. The molecule has 3 aromatic rings. The molecule has 0 radical (unpaired) electrons. The average molecular weight is 260 g/mol. The topological polar surface area (TPSA) is 52.8 Å². The second-order valence-corrected chi connectivity index (χ2v) is 4.46. The van der Waals surface area contributed by atoms with Crippen LogP contribution in [0.25, 0.3) is 21.9 Å². The highest BCUT2D eigenvalue weighted by Gasteiger charge is 2.06. The zero-order valence-electron chi connectivity index (χ0n) is 11.0. The van der Waals surface area contributed by atoms with E-state index in [1.54, 1.807) is 19.4 Å².